The molecule has 1 aliphatic heterocycles. The maximum atomic E-state index is 10.7. The van der Waals surface area contributed by atoms with E-state index in [1.165, 1.54) is 24.7 Å². The monoisotopic (exact) mass is 277 g/mol. The average molecular weight is 277 g/mol. The fourth-order valence-electron chi connectivity index (χ4n) is 2.16. The Hall–Kier alpha value is -1.74. The minimum Gasteiger partial charge on any atom is -0.384 e. The van der Waals surface area contributed by atoms with Gasteiger partial charge in [-0.05, 0) is 37.7 Å². The van der Waals surface area contributed by atoms with Gasteiger partial charge in [0.25, 0.3) is 5.69 Å². The molecular weight excluding hydrogens is 262 g/mol. The Kier molecular flexibility index (Phi) is 3.96. The Balaban J connectivity index is 2.09. The highest BCUT2D eigenvalue weighted by Crippen LogP contribution is 2.37. The molecule has 1 aliphatic rings. The second-order valence-corrected chi connectivity index (χ2v) is 6.54. The van der Waals surface area contributed by atoms with Gasteiger partial charge in [0.2, 0.25) is 0 Å². The number of benzene rings is 1. The molecule has 1 heterocycles. The van der Waals surface area contributed by atoms with Crippen LogP contribution in [0.2, 0.25) is 0 Å². The number of hydrogen-bond donors (Lipinski definition) is 1. The van der Waals surface area contributed by atoms with Crippen LogP contribution in [-0.4, -0.2) is 22.0 Å². The molecule has 0 saturated carbocycles. The molecule has 1 fully saturated rings. The maximum Gasteiger partial charge on any atom is 0.287 e. The number of nitro groups is 1. The van der Waals surface area contributed by atoms with Crippen molar-refractivity contribution < 1.29 is 4.92 Å². The van der Waals surface area contributed by atoms with E-state index in [1.54, 1.807) is 12.1 Å². The van der Waals surface area contributed by atoms with Crippen molar-refractivity contribution in [3.8, 4) is 6.07 Å². The van der Waals surface area contributed by atoms with Crippen LogP contribution in [0, 0.1) is 21.4 Å². The van der Waals surface area contributed by atoms with Gasteiger partial charge in [0, 0.05) is 23.0 Å². The van der Waals surface area contributed by atoms with E-state index in [1.807, 2.05) is 17.8 Å². The van der Waals surface area contributed by atoms with Gasteiger partial charge in [0.05, 0.1) is 4.92 Å². The SMILES string of the molecule is CC1(CNc2ccc([N+](=O)[O-])c(C#N)c2)CCCS1. The van der Waals surface area contributed by atoms with Crippen LogP contribution in [0.1, 0.15) is 25.3 Å². The molecule has 1 atom stereocenters. The first-order valence-corrected chi connectivity index (χ1v) is 7.09. The molecular formula is C13H15N3O2S. The number of rotatable bonds is 4. The van der Waals surface area contributed by atoms with Gasteiger partial charge in [-0.15, -0.1) is 0 Å². The molecule has 0 aromatic heterocycles. The van der Waals surface area contributed by atoms with Gasteiger partial charge in [-0.3, -0.25) is 10.1 Å². The number of nitro benzene ring substituents is 1. The fourth-order valence-corrected chi connectivity index (χ4v) is 3.40. The minimum absolute atomic E-state index is 0.0965. The van der Waals surface area contributed by atoms with Crippen LogP contribution in [0.25, 0.3) is 0 Å². The van der Waals surface area contributed by atoms with Crippen LogP contribution in [0.4, 0.5) is 11.4 Å². The lowest BCUT2D eigenvalue weighted by atomic mass is 10.1. The lowest BCUT2D eigenvalue weighted by Gasteiger charge is -2.23. The van der Waals surface area contributed by atoms with Gasteiger partial charge in [-0.2, -0.15) is 17.0 Å². The van der Waals surface area contributed by atoms with Crippen molar-refractivity contribution in [3.63, 3.8) is 0 Å². The number of nitriles is 1. The summed E-state index contributed by atoms with van der Waals surface area (Å²) in [6.45, 7) is 3.02. The standard InChI is InChI=1S/C13H15N3O2S/c1-13(5-2-6-19-13)9-15-11-3-4-12(16(17)18)10(7-11)8-14/h3-4,7,15H,2,5-6,9H2,1H3. The topological polar surface area (TPSA) is 79.0 Å². The molecule has 1 saturated heterocycles. The zero-order valence-corrected chi connectivity index (χ0v) is 11.5. The molecule has 6 heteroatoms. The van der Waals surface area contributed by atoms with Crippen LogP contribution in [-0.2, 0) is 0 Å². The number of nitrogens with zero attached hydrogens (tertiary/aromatic N) is 2. The summed E-state index contributed by atoms with van der Waals surface area (Å²) in [6.07, 6.45) is 2.40. The van der Waals surface area contributed by atoms with Crippen molar-refractivity contribution in [2.75, 3.05) is 17.6 Å². The smallest absolute Gasteiger partial charge is 0.287 e. The lowest BCUT2D eigenvalue weighted by Crippen LogP contribution is -2.27. The Morgan fingerprint density at radius 3 is 3.00 bits per heavy atom. The summed E-state index contributed by atoms with van der Waals surface area (Å²) in [6, 6.07) is 6.45. The van der Waals surface area contributed by atoms with Gasteiger partial charge >= 0.3 is 0 Å². The highest BCUT2D eigenvalue weighted by Gasteiger charge is 2.29. The number of thioether (sulfide) groups is 1. The average Bonchev–Trinajstić information content (AvgIpc) is 2.83. The molecule has 2 rings (SSSR count). The first-order chi connectivity index (χ1) is 9.04. The number of hydrogen-bond acceptors (Lipinski definition) is 5. The normalized spacial score (nSPS) is 21.9. The van der Waals surface area contributed by atoms with Crippen LogP contribution in [0.3, 0.4) is 0 Å². The molecule has 19 heavy (non-hydrogen) atoms. The Morgan fingerprint density at radius 2 is 2.42 bits per heavy atom. The number of anilines is 1. The quantitative estimate of drug-likeness (QED) is 0.675. The second kappa shape index (κ2) is 5.49. The van der Waals surface area contributed by atoms with Gasteiger partial charge in [0.1, 0.15) is 11.6 Å². The third-order valence-electron chi connectivity index (χ3n) is 3.28. The molecule has 5 nitrogen and oxygen atoms in total. The van der Waals surface area contributed by atoms with Crippen LogP contribution < -0.4 is 5.32 Å². The predicted molar refractivity (Wildman–Crippen MR) is 76.4 cm³/mol. The van der Waals surface area contributed by atoms with E-state index in [0.29, 0.717) is 0 Å². The predicted octanol–water partition coefficient (Wildman–Crippen LogP) is 3.16. The molecule has 1 aromatic rings. The van der Waals surface area contributed by atoms with Crippen molar-refractivity contribution in [1.29, 1.82) is 5.26 Å². The summed E-state index contributed by atoms with van der Waals surface area (Å²) in [5.41, 5.74) is 0.713. The van der Waals surface area contributed by atoms with Crippen molar-refractivity contribution in [3.05, 3.63) is 33.9 Å². The van der Waals surface area contributed by atoms with E-state index >= 15 is 0 Å². The molecule has 1 unspecified atom stereocenters. The van der Waals surface area contributed by atoms with Crippen molar-refractivity contribution in [2.24, 2.45) is 0 Å². The van der Waals surface area contributed by atoms with E-state index in [-0.39, 0.29) is 16.0 Å². The summed E-state index contributed by atoms with van der Waals surface area (Å²) in [5, 5.41) is 22.9. The summed E-state index contributed by atoms with van der Waals surface area (Å²) in [7, 11) is 0. The fraction of sp³-hybridized carbons (Fsp3) is 0.462. The van der Waals surface area contributed by atoms with Crippen LogP contribution in [0.5, 0.6) is 0 Å². The third-order valence-corrected chi connectivity index (χ3v) is 4.82. The van der Waals surface area contributed by atoms with Gasteiger partial charge < -0.3 is 5.32 Å². The first-order valence-electron chi connectivity index (χ1n) is 6.10. The molecule has 1 aromatic carbocycles. The summed E-state index contributed by atoms with van der Waals surface area (Å²) >= 11 is 1.95. The van der Waals surface area contributed by atoms with Crippen molar-refractivity contribution >= 4 is 23.1 Å². The zero-order valence-electron chi connectivity index (χ0n) is 10.7. The van der Waals surface area contributed by atoms with Crippen LogP contribution >= 0.6 is 11.8 Å². The van der Waals surface area contributed by atoms with E-state index in [4.69, 9.17) is 5.26 Å². The van der Waals surface area contributed by atoms with E-state index < -0.39 is 4.92 Å². The summed E-state index contributed by atoms with van der Waals surface area (Å²) in [5.74, 6) is 1.18. The minimum atomic E-state index is -0.531. The van der Waals surface area contributed by atoms with E-state index in [2.05, 4.69) is 12.2 Å². The van der Waals surface area contributed by atoms with E-state index in [9.17, 15) is 10.1 Å². The highest BCUT2D eigenvalue weighted by molar-refractivity contribution is 8.00. The molecule has 0 aliphatic carbocycles. The van der Waals surface area contributed by atoms with Crippen LogP contribution in [0.15, 0.2) is 18.2 Å². The zero-order chi connectivity index (χ0) is 13.9. The van der Waals surface area contributed by atoms with E-state index in [0.717, 1.165) is 12.2 Å². The summed E-state index contributed by atoms with van der Waals surface area (Å²) in [4.78, 5) is 10.2. The Bertz CT molecular complexity index is 533. The van der Waals surface area contributed by atoms with Gasteiger partial charge in [0.15, 0.2) is 0 Å². The van der Waals surface area contributed by atoms with Gasteiger partial charge in [-0.25, -0.2) is 0 Å². The second-order valence-electron chi connectivity index (χ2n) is 4.86. The first kappa shape index (κ1) is 13.7. The summed E-state index contributed by atoms with van der Waals surface area (Å²) < 4.78 is 0.217. The highest BCUT2D eigenvalue weighted by atomic mass is 32.2. The van der Waals surface area contributed by atoms with Gasteiger partial charge in [-0.1, -0.05) is 0 Å². The maximum absolute atomic E-state index is 10.7. The molecule has 0 spiro atoms. The molecule has 0 bridgehead atoms. The molecule has 1 N–H and O–H groups in total. The lowest BCUT2D eigenvalue weighted by molar-refractivity contribution is -0.385. The van der Waals surface area contributed by atoms with Crippen molar-refractivity contribution in [1.82, 2.24) is 0 Å². The molecule has 0 amide bonds. The molecule has 0 radical (unpaired) electrons. The number of nitrogens with one attached hydrogen (secondary N) is 1. The Labute approximate surface area is 116 Å². The third kappa shape index (κ3) is 3.18. The van der Waals surface area contributed by atoms with Crippen molar-refractivity contribution in [2.45, 2.75) is 24.5 Å². The largest absolute Gasteiger partial charge is 0.384 e. The molecule has 100 valence electrons. The Morgan fingerprint density at radius 1 is 1.63 bits per heavy atom.